The van der Waals surface area contributed by atoms with Crippen molar-refractivity contribution in [1.82, 2.24) is 4.90 Å². The quantitative estimate of drug-likeness (QED) is 0.789. The van der Waals surface area contributed by atoms with E-state index in [2.05, 4.69) is 22.3 Å². The summed E-state index contributed by atoms with van der Waals surface area (Å²) in [6.07, 6.45) is 1.03. The molecule has 1 N–H and O–H groups in total. The van der Waals surface area contributed by atoms with Crippen molar-refractivity contribution in [2.24, 2.45) is 0 Å². The third-order valence-electron chi connectivity index (χ3n) is 4.59. The highest BCUT2D eigenvalue weighted by molar-refractivity contribution is 7.99. The molecule has 1 aliphatic heterocycles. The molecule has 0 radical (unpaired) electrons. The second-order valence-electron chi connectivity index (χ2n) is 6.49. The summed E-state index contributed by atoms with van der Waals surface area (Å²) < 4.78 is 0. The van der Waals surface area contributed by atoms with Crippen LogP contribution < -0.4 is 5.32 Å². The first-order valence-electron chi connectivity index (χ1n) is 8.93. The van der Waals surface area contributed by atoms with E-state index in [1.54, 1.807) is 24.3 Å². The van der Waals surface area contributed by atoms with Crippen molar-refractivity contribution in [3.05, 3.63) is 65.2 Å². The first-order valence-corrected chi connectivity index (χ1v) is 10.1. The highest BCUT2D eigenvalue weighted by Crippen LogP contribution is 2.14. The number of ketones is 1. The maximum atomic E-state index is 12.3. The van der Waals surface area contributed by atoms with Crippen molar-refractivity contribution in [3.63, 3.8) is 0 Å². The third-order valence-corrected chi connectivity index (χ3v) is 5.53. The summed E-state index contributed by atoms with van der Waals surface area (Å²) in [5.74, 6) is 2.30. The lowest BCUT2D eigenvalue weighted by atomic mass is 10.1. The molecule has 2 aromatic carbocycles. The fourth-order valence-corrected chi connectivity index (χ4v) is 3.91. The molecule has 2 aromatic rings. The van der Waals surface area contributed by atoms with Crippen LogP contribution in [0.25, 0.3) is 0 Å². The SMILES string of the molecule is CC(=O)c1ccc(C(=O)Nc2ccc(CCN3CCSCC3)cc2)cc1. The fraction of sp³-hybridized carbons (Fsp3) is 0.333. The minimum absolute atomic E-state index is 0.00384. The van der Waals surface area contributed by atoms with Gasteiger partial charge in [-0.25, -0.2) is 0 Å². The topological polar surface area (TPSA) is 49.4 Å². The number of Topliss-reactive ketones (excluding diaryl/α,β-unsaturated/α-hetero) is 1. The Hall–Kier alpha value is -2.11. The van der Waals surface area contributed by atoms with E-state index in [0.717, 1.165) is 18.7 Å². The molecule has 4 nitrogen and oxygen atoms in total. The van der Waals surface area contributed by atoms with Gasteiger partial charge in [0, 0.05) is 48.0 Å². The van der Waals surface area contributed by atoms with Gasteiger partial charge in [0.15, 0.2) is 5.78 Å². The third kappa shape index (κ3) is 5.19. The second kappa shape index (κ2) is 9.01. The van der Waals surface area contributed by atoms with Crippen molar-refractivity contribution in [3.8, 4) is 0 Å². The average molecular weight is 369 g/mol. The van der Waals surface area contributed by atoms with Gasteiger partial charge in [-0.1, -0.05) is 24.3 Å². The Morgan fingerprint density at radius 2 is 1.58 bits per heavy atom. The predicted molar refractivity (Wildman–Crippen MR) is 108 cm³/mol. The van der Waals surface area contributed by atoms with Gasteiger partial charge in [0.25, 0.3) is 5.91 Å². The van der Waals surface area contributed by atoms with Gasteiger partial charge in [-0.2, -0.15) is 11.8 Å². The molecule has 1 fully saturated rings. The lowest BCUT2D eigenvalue weighted by Gasteiger charge is -2.26. The van der Waals surface area contributed by atoms with Gasteiger partial charge in [0.2, 0.25) is 0 Å². The van der Waals surface area contributed by atoms with Crippen LogP contribution in [0.3, 0.4) is 0 Å². The minimum Gasteiger partial charge on any atom is -0.322 e. The van der Waals surface area contributed by atoms with Crippen molar-refractivity contribution in [1.29, 1.82) is 0 Å². The number of carbonyl (C=O) groups is 2. The predicted octanol–water partition coefficient (Wildman–Crippen LogP) is 3.73. The first kappa shape index (κ1) is 18.7. The van der Waals surface area contributed by atoms with Gasteiger partial charge < -0.3 is 10.2 Å². The van der Waals surface area contributed by atoms with Crippen molar-refractivity contribution in [2.75, 3.05) is 36.5 Å². The summed E-state index contributed by atoms with van der Waals surface area (Å²) in [5, 5.41) is 2.90. The van der Waals surface area contributed by atoms with Gasteiger partial charge in [-0.3, -0.25) is 9.59 Å². The van der Waals surface area contributed by atoms with Crippen LogP contribution in [0.15, 0.2) is 48.5 Å². The van der Waals surface area contributed by atoms with E-state index in [-0.39, 0.29) is 11.7 Å². The number of hydrogen-bond acceptors (Lipinski definition) is 4. The molecule has 0 unspecified atom stereocenters. The second-order valence-corrected chi connectivity index (χ2v) is 7.71. The van der Waals surface area contributed by atoms with Crippen LogP contribution in [-0.4, -0.2) is 47.7 Å². The van der Waals surface area contributed by atoms with Crippen LogP contribution in [0.4, 0.5) is 5.69 Å². The largest absolute Gasteiger partial charge is 0.322 e. The summed E-state index contributed by atoms with van der Waals surface area (Å²) in [6.45, 7) is 4.97. The summed E-state index contributed by atoms with van der Waals surface area (Å²) in [5.41, 5.74) is 3.22. The fourth-order valence-electron chi connectivity index (χ4n) is 2.93. The van der Waals surface area contributed by atoms with E-state index in [0.29, 0.717) is 11.1 Å². The molecule has 0 bridgehead atoms. The lowest BCUT2D eigenvalue weighted by molar-refractivity contribution is 0.101. The van der Waals surface area contributed by atoms with E-state index in [9.17, 15) is 9.59 Å². The van der Waals surface area contributed by atoms with E-state index >= 15 is 0 Å². The molecule has 0 atom stereocenters. The molecule has 0 spiro atoms. The number of hydrogen-bond donors (Lipinski definition) is 1. The summed E-state index contributed by atoms with van der Waals surface area (Å²) in [7, 11) is 0. The van der Waals surface area contributed by atoms with Crippen LogP contribution in [0.5, 0.6) is 0 Å². The Bertz CT molecular complexity index is 751. The zero-order valence-electron chi connectivity index (χ0n) is 15.0. The van der Waals surface area contributed by atoms with Gasteiger partial charge in [-0.05, 0) is 43.2 Å². The van der Waals surface area contributed by atoms with Gasteiger partial charge in [0.1, 0.15) is 0 Å². The number of amides is 1. The van der Waals surface area contributed by atoms with E-state index in [4.69, 9.17) is 0 Å². The van der Waals surface area contributed by atoms with Crippen LogP contribution in [-0.2, 0) is 6.42 Å². The van der Waals surface area contributed by atoms with E-state index < -0.39 is 0 Å². The van der Waals surface area contributed by atoms with Crippen LogP contribution in [0, 0.1) is 0 Å². The molecule has 3 rings (SSSR count). The molecule has 0 aliphatic carbocycles. The Morgan fingerprint density at radius 3 is 2.19 bits per heavy atom. The first-order chi connectivity index (χ1) is 12.6. The molecule has 1 aliphatic rings. The Kier molecular flexibility index (Phi) is 6.47. The summed E-state index contributed by atoms with van der Waals surface area (Å²) in [4.78, 5) is 26.1. The Morgan fingerprint density at radius 1 is 0.962 bits per heavy atom. The van der Waals surface area contributed by atoms with Crippen LogP contribution in [0.1, 0.15) is 33.2 Å². The number of benzene rings is 2. The van der Waals surface area contributed by atoms with Gasteiger partial charge >= 0.3 is 0 Å². The molecule has 1 amide bonds. The molecule has 5 heteroatoms. The maximum Gasteiger partial charge on any atom is 0.255 e. The van der Waals surface area contributed by atoms with Crippen molar-refractivity contribution in [2.45, 2.75) is 13.3 Å². The van der Waals surface area contributed by atoms with E-state index in [1.807, 2.05) is 23.9 Å². The summed E-state index contributed by atoms with van der Waals surface area (Å²) >= 11 is 2.03. The molecule has 26 heavy (non-hydrogen) atoms. The zero-order valence-corrected chi connectivity index (χ0v) is 15.8. The van der Waals surface area contributed by atoms with Gasteiger partial charge in [-0.15, -0.1) is 0 Å². The number of rotatable bonds is 6. The van der Waals surface area contributed by atoms with E-state index in [1.165, 1.54) is 37.1 Å². The van der Waals surface area contributed by atoms with Gasteiger partial charge in [0.05, 0.1) is 0 Å². The average Bonchev–Trinajstić information content (AvgIpc) is 2.68. The number of carbonyl (C=O) groups excluding carboxylic acids is 2. The number of nitrogens with one attached hydrogen (secondary N) is 1. The number of anilines is 1. The smallest absolute Gasteiger partial charge is 0.255 e. The Balaban J connectivity index is 1.53. The maximum absolute atomic E-state index is 12.3. The zero-order chi connectivity index (χ0) is 18.4. The van der Waals surface area contributed by atoms with Crippen molar-refractivity contribution < 1.29 is 9.59 Å². The molecule has 0 saturated carbocycles. The normalized spacial score (nSPS) is 14.8. The monoisotopic (exact) mass is 368 g/mol. The molecular weight excluding hydrogens is 344 g/mol. The highest BCUT2D eigenvalue weighted by Gasteiger charge is 2.10. The van der Waals surface area contributed by atoms with Crippen LogP contribution >= 0.6 is 11.8 Å². The summed E-state index contributed by atoms with van der Waals surface area (Å²) in [6, 6.07) is 14.8. The Labute approximate surface area is 159 Å². The minimum atomic E-state index is -0.168. The highest BCUT2D eigenvalue weighted by atomic mass is 32.2. The van der Waals surface area contributed by atoms with Crippen molar-refractivity contribution >= 4 is 29.1 Å². The molecule has 136 valence electrons. The molecule has 1 saturated heterocycles. The number of nitrogens with zero attached hydrogens (tertiary/aromatic N) is 1. The van der Waals surface area contributed by atoms with Crippen LogP contribution in [0.2, 0.25) is 0 Å². The molecule has 1 heterocycles. The number of thioether (sulfide) groups is 1. The standard InChI is InChI=1S/C21H24N2O2S/c1-16(24)18-4-6-19(7-5-18)21(25)22-20-8-2-17(3-9-20)10-11-23-12-14-26-15-13-23/h2-9H,10-15H2,1H3,(H,22,25). The lowest BCUT2D eigenvalue weighted by Crippen LogP contribution is -2.34. The molecule has 0 aromatic heterocycles. The molecular formula is C21H24N2O2S.